The van der Waals surface area contributed by atoms with Gasteiger partial charge in [-0.05, 0) is 30.5 Å². The molecule has 0 bridgehead atoms. The molecule has 3 rings (SSSR count). The maximum atomic E-state index is 11.1. The van der Waals surface area contributed by atoms with Crippen molar-refractivity contribution in [2.24, 2.45) is 0 Å². The van der Waals surface area contributed by atoms with Crippen LogP contribution in [0.4, 0.5) is 5.82 Å². The Morgan fingerprint density at radius 1 is 1.08 bits per heavy atom. The molecule has 2 heterocycles. The number of rotatable bonds is 4. The van der Waals surface area contributed by atoms with Gasteiger partial charge < -0.3 is 19.5 Å². The molecule has 1 saturated heterocycles. The Bertz CT molecular complexity index is 773. The van der Waals surface area contributed by atoms with Gasteiger partial charge in [-0.1, -0.05) is 0 Å². The van der Waals surface area contributed by atoms with Gasteiger partial charge in [0.05, 0.1) is 19.8 Å². The topological polar surface area (TPSA) is 91.5 Å². The zero-order chi connectivity index (χ0) is 17.9. The van der Waals surface area contributed by atoms with Crippen molar-refractivity contribution >= 4 is 5.82 Å². The van der Waals surface area contributed by atoms with Gasteiger partial charge in [0.2, 0.25) is 0 Å². The van der Waals surface area contributed by atoms with Gasteiger partial charge in [0.25, 0.3) is 0 Å². The minimum atomic E-state index is -0.979. The van der Waals surface area contributed by atoms with Crippen molar-refractivity contribution < 1.29 is 14.6 Å². The summed E-state index contributed by atoms with van der Waals surface area (Å²) in [6, 6.07) is 7.51. The molecule has 7 heteroatoms. The number of ether oxygens (including phenoxy) is 2. The Morgan fingerprint density at radius 3 is 2.24 bits per heavy atom. The number of hydrogen-bond acceptors (Lipinski definition) is 7. The SMILES string of the molecule is COc1cc(OC)cc(C2(O)CCN(c3nccnc3C#N)CC2)c1. The van der Waals surface area contributed by atoms with Crippen LogP contribution in [-0.2, 0) is 5.60 Å². The summed E-state index contributed by atoms with van der Waals surface area (Å²) in [6.07, 6.45) is 4.09. The van der Waals surface area contributed by atoms with Crippen LogP contribution in [0.2, 0.25) is 0 Å². The molecule has 0 aliphatic carbocycles. The summed E-state index contributed by atoms with van der Waals surface area (Å²) in [4.78, 5) is 10.3. The van der Waals surface area contributed by atoms with E-state index in [-0.39, 0.29) is 0 Å². The number of aliphatic hydroxyl groups is 1. The summed E-state index contributed by atoms with van der Waals surface area (Å²) in [7, 11) is 3.17. The zero-order valence-electron chi connectivity index (χ0n) is 14.3. The molecule has 2 aromatic rings. The normalized spacial score (nSPS) is 16.2. The summed E-state index contributed by atoms with van der Waals surface area (Å²) in [6.45, 7) is 1.15. The van der Waals surface area contributed by atoms with E-state index in [1.54, 1.807) is 26.5 Å². The lowest BCUT2D eigenvalue weighted by Gasteiger charge is -2.39. The maximum Gasteiger partial charge on any atom is 0.183 e. The van der Waals surface area contributed by atoms with E-state index in [2.05, 4.69) is 16.0 Å². The molecule has 1 aromatic carbocycles. The lowest BCUT2D eigenvalue weighted by Crippen LogP contribution is -2.43. The molecule has 1 aromatic heterocycles. The first-order valence-corrected chi connectivity index (χ1v) is 8.01. The number of methoxy groups -OCH3 is 2. The van der Waals surface area contributed by atoms with Gasteiger partial charge in [-0.25, -0.2) is 9.97 Å². The van der Waals surface area contributed by atoms with Crippen LogP contribution in [0.5, 0.6) is 11.5 Å². The van der Waals surface area contributed by atoms with E-state index in [1.165, 1.54) is 6.20 Å². The third-order valence-corrected chi connectivity index (χ3v) is 4.56. The Kier molecular flexibility index (Phi) is 4.72. The Labute approximate surface area is 146 Å². The van der Waals surface area contributed by atoms with E-state index in [1.807, 2.05) is 17.0 Å². The van der Waals surface area contributed by atoms with Gasteiger partial charge in [0.1, 0.15) is 17.6 Å². The van der Waals surface area contributed by atoms with Crippen molar-refractivity contribution in [3.8, 4) is 17.6 Å². The molecule has 0 atom stereocenters. The fourth-order valence-electron chi connectivity index (χ4n) is 3.09. The predicted molar refractivity (Wildman–Crippen MR) is 91.6 cm³/mol. The van der Waals surface area contributed by atoms with E-state index < -0.39 is 5.60 Å². The summed E-state index contributed by atoms with van der Waals surface area (Å²) >= 11 is 0. The Balaban J connectivity index is 1.82. The highest BCUT2D eigenvalue weighted by molar-refractivity contribution is 5.50. The molecule has 7 nitrogen and oxygen atoms in total. The molecular formula is C18H20N4O3. The van der Waals surface area contributed by atoms with E-state index in [0.717, 1.165) is 5.56 Å². The fourth-order valence-corrected chi connectivity index (χ4v) is 3.09. The van der Waals surface area contributed by atoms with E-state index in [9.17, 15) is 10.4 Å². The molecule has 0 unspecified atom stereocenters. The van der Waals surface area contributed by atoms with Crippen LogP contribution in [0.15, 0.2) is 30.6 Å². The molecule has 1 aliphatic rings. The smallest absolute Gasteiger partial charge is 0.183 e. The summed E-state index contributed by atoms with van der Waals surface area (Å²) < 4.78 is 10.6. The second-order valence-corrected chi connectivity index (χ2v) is 5.96. The molecule has 130 valence electrons. The molecule has 0 radical (unpaired) electrons. The first-order chi connectivity index (χ1) is 12.1. The quantitative estimate of drug-likeness (QED) is 0.908. The zero-order valence-corrected chi connectivity index (χ0v) is 14.3. The van der Waals surface area contributed by atoms with E-state index in [4.69, 9.17) is 9.47 Å². The van der Waals surface area contributed by atoms with E-state index in [0.29, 0.717) is 48.9 Å². The number of aromatic nitrogens is 2. The monoisotopic (exact) mass is 340 g/mol. The molecule has 0 saturated carbocycles. The van der Waals surface area contributed by atoms with Gasteiger partial charge in [-0.3, -0.25) is 0 Å². The average molecular weight is 340 g/mol. The molecule has 1 aliphatic heterocycles. The van der Waals surface area contributed by atoms with Gasteiger partial charge in [-0.2, -0.15) is 5.26 Å². The van der Waals surface area contributed by atoms with Gasteiger partial charge in [0.15, 0.2) is 11.5 Å². The van der Waals surface area contributed by atoms with Crippen LogP contribution < -0.4 is 14.4 Å². The van der Waals surface area contributed by atoms with Gasteiger partial charge in [0, 0.05) is 31.5 Å². The molecule has 1 N–H and O–H groups in total. The molecule has 25 heavy (non-hydrogen) atoms. The second kappa shape index (κ2) is 6.95. The molecule has 0 spiro atoms. The predicted octanol–water partition coefficient (Wildman–Crippen LogP) is 1.85. The number of benzene rings is 1. The van der Waals surface area contributed by atoms with Crippen molar-refractivity contribution in [2.75, 3.05) is 32.2 Å². The van der Waals surface area contributed by atoms with Crippen molar-refractivity contribution in [1.82, 2.24) is 9.97 Å². The largest absolute Gasteiger partial charge is 0.497 e. The minimum absolute atomic E-state index is 0.302. The highest BCUT2D eigenvalue weighted by Crippen LogP contribution is 2.37. The maximum absolute atomic E-state index is 11.1. The van der Waals surface area contributed by atoms with E-state index >= 15 is 0 Å². The summed E-state index contributed by atoms with van der Waals surface area (Å²) in [5.41, 5.74) is 0.0897. The highest BCUT2D eigenvalue weighted by atomic mass is 16.5. The van der Waals surface area contributed by atoms with Gasteiger partial charge in [-0.15, -0.1) is 0 Å². The van der Waals surface area contributed by atoms with Gasteiger partial charge >= 0.3 is 0 Å². The van der Waals surface area contributed by atoms with Crippen LogP contribution in [0.3, 0.4) is 0 Å². The number of anilines is 1. The minimum Gasteiger partial charge on any atom is -0.497 e. The van der Waals surface area contributed by atoms with Crippen molar-refractivity contribution in [1.29, 1.82) is 5.26 Å². The number of piperidine rings is 1. The number of hydrogen-bond donors (Lipinski definition) is 1. The van der Waals surface area contributed by atoms with Crippen LogP contribution in [0.1, 0.15) is 24.1 Å². The standard InChI is InChI=1S/C18H20N4O3/c1-24-14-9-13(10-15(11-14)25-2)18(23)3-7-22(8-4-18)17-16(12-19)20-5-6-21-17/h5-6,9-11,23H,3-4,7-8H2,1-2H3. The highest BCUT2D eigenvalue weighted by Gasteiger charge is 2.35. The lowest BCUT2D eigenvalue weighted by molar-refractivity contribution is 0.0113. The third-order valence-electron chi connectivity index (χ3n) is 4.56. The van der Waals surface area contributed by atoms with Crippen LogP contribution in [0.25, 0.3) is 0 Å². The van der Waals surface area contributed by atoms with Crippen LogP contribution in [0, 0.1) is 11.3 Å². The first-order valence-electron chi connectivity index (χ1n) is 8.01. The summed E-state index contributed by atoms with van der Waals surface area (Å²) in [5, 5.41) is 20.3. The summed E-state index contributed by atoms with van der Waals surface area (Å²) in [5.74, 6) is 1.85. The lowest BCUT2D eigenvalue weighted by atomic mass is 9.84. The molecular weight excluding hydrogens is 320 g/mol. The van der Waals surface area contributed by atoms with Crippen molar-refractivity contribution in [3.63, 3.8) is 0 Å². The number of nitrogens with zero attached hydrogens (tertiary/aromatic N) is 4. The fraction of sp³-hybridized carbons (Fsp3) is 0.389. The Hall–Kier alpha value is -2.85. The van der Waals surface area contributed by atoms with Crippen LogP contribution >= 0.6 is 0 Å². The first kappa shape index (κ1) is 17.0. The molecule has 1 fully saturated rings. The van der Waals surface area contributed by atoms with Crippen molar-refractivity contribution in [3.05, 3.63) is 41.9 Å². The second-order valence-electron chi connectivity index (χ2n) is 5.96. The van der Waals surface area contributed by atoms with Crippen molar-refractivity contribution in [2.45, 2.75) is 18.4 Å². The third kappa shape index (κ3) is 3.35. The Morgan fingerprint density at radius 2 is 1.68 bits per heavy atom. The van der Waals surface area contributed by atoms with Crippen LogP contribution in [-0.4, -0.2) is 42.4 Å². The average Bonchev–Trinajstić information content (AvgIpc) is 2.68. The number of nitriles is 1. The molecule has 0 amide bonds.